The highest BCUT2D eigenvalue weighted by Gasteiger charge is 2.32. The number of halogens is 4. The van der Waals surface area contributed by atoms with E-state index >= 15 is 0 Å². The largest absolute Gasteiger partial charge is 0.417 e. The van der Waals surface area contributed by atoms with Crippen LogP contribution in [-0.2, 0) is 11.0 Å². The molecule has 1 saturated heterocycles. The summed E-state index contributed by atoms with van der Waals surface area (Å²) in [6, 6.07) is 0.797. The third-order valence-electron chi connectivity index (χ3n) is 2.73. The number of hydrogen-bond acceptors (Lipinski definition) is 2. The predicted octanol–water partition coefficient (Wildman–Crippen LogP) is 3.27. The van der Waals surface area contributed by atoms with Crippen LogP contribution in [0.1, 0.15) is 24.8 Å². The van der Waals surface area contributed by atoms with Crippen molar-refractivity contribution in [3.63, 3.8) is 0 Å². The van der Waals surface area contributed by atoms with Crippen LogP contribution in [0, 0.1) is 0 Å². The van der Waals surface area contributed by atoms with Crippen molar-refractivity contribution in [1.29, 1.82) is 0 Å². The van der Waals surface area contributed by atoms with E-state index in [1.165, 1.54) is 4.90 Å². The standard InChI is InChI=1S/C11H10ClF3N2O/c12-8-5-7(11(13,14)15)6-16-10(8)17-4-2-1-3-9(17)18/h5-6H,1-4H2. The van der Waals surface area contributed by atoms with Gasteiger partial charge in [0.2, 0.25) is 5.91 Å². The molecule has 1 amide bonds. The second kappa shape index (κ2) is 4.76. The highest BCUT2D eigenvalue weighted by atomic mass is 35.5. The highest BCUT2D eigenvalue weighted by molar-refractivity contribution is 6.33. The maximum Gasteiger partial charge on any atom is 0.417 e. The topological polar surface area (TPSA) is 33.2 Å². The Morgan fingerprint density at radius 2 is 2.06 bits per heavy atom. The summed E-state index contributed by atoms with van der Waals surface area (Å²) in [4.78, 5) is 16.6. The van der Waals surface area contributed by atoms with Gasteiger partial charge < -0.3 is 0 Å². The van der Waals surface area contributed by atoms with Crippen molar-refractivity contribution >= 4 is 23.3 Å². The molecule has 1 aliphatic heterocycles. The second-order valence-corrected chi connectivity index (χ2v) is 4.44. The minimum absolute atomic E-state index is 0.106. The second-order valence-electron chi connectivity index (χ2n) is 4.03. The monoisotopic (exact) mass is 278 g/mol. The summed E-state index contributed by atoms with van der Waals surface area (Å²) >= 11 is 5.78. The Labute approximate surface area is 107 Å². The average molecular weight is 279 g/mol. The van der Waals surface area contributed by atoms with Crippen LogP contribution in [0.15, 0.2) is 12.3 Å². The van der Waals surface area contributed by atoms with E-state index < -0.39 is 11.7 Å². The summed E-state index contributed by atoms with van der Waals surface area (Å²) in [7, 11) is 0. The molecule has 2 rings (SSSR count). The quantitative estimate of drug-likeness (QED) is 0.790. The first-order valence-corrected chi connectivity index (χ1v) is 5.80. The maximum atomic E-state index is 12.4. The van der Waals surface area contributed by atoms with E-state index in [4.69, 9.17) is 11.6 Å². The van der Waals surface area contributed by atoms with E-state index in [-0.39, 0.29) is 16.7 Å². The Morgan fingerprint density at radius 1 is 1.33 bits per heavy atom. The molecule has 0 radical (unpaired) electrons. The van der Waals surface area contributed by atoms with Crippen LogP contribution in [0.3, 0.4) is 0 Å². The summed E-state index contributed by atoms with van der Waals surface area (Å²) in [5.74, 6) is -0.0511. The van der Waals surface area contributed by atoms with Gasteiger partial charge in [-0.05, 0) is 18.9 Å². The van der Waals surface area contributed by atoms with E-state index in [2.05, 4.69) is 4.98 Å². The summed E-state index contributed by atoms with van der Waals surface area (Å²) < 4.78 is 37.3. The summed E-state index contributed by atoms with van der Waals surface area (Å²) in [5, 5.41) is -0.153. The number of piperidine rings is 1. The van der Waals surface area contributed by atoms with Crippen molar-refractivity contribution < 1.29 is 18.0 Å². The Kier molecular flexibility index (Phi) is 3.47. The van der Waals surface area contributed by atoms with Crippen molar-refractivity contribution in [3.8, 4) is 0 Å². The lowest BCUT2D eigenvalue weighted by Crippen LogP contribution is -2.36. The number of hydrogen-bond donors (Lipinski definition) is 0. The van der Waals surface area contributed by atoms with Gasteiger partial charge in [0.1, 0.15) is 0 Å². The smallest absolute Gasteiger partial charge is 0.296 e. The van der Waals surface area contributed by atoms with E-state index in [1.54, 1.807) is 0 Å². The number of anilines is 1. The molecular weight excluding hydrogens is 269 g/mol. The first kappa shape index (κ1) is 13.1. The molecule has 0 saturated carbocycles. The Bertz CT molecular complexity index is 476. The molecule has 0 bridgehead atoms. The van der Waals surface area contributed by atoms with Crippen LogP contribution >= 0.6 is 11.6 Å². The van der Waals surface area contributed by atoms with Crippen LogP contribution in [-0.4, -0.2) is 17.4 Å². The van der Waals surface area contributed by atoms with Crippen molar-refractivity contribution in [3.05, 3.63) is 22.8 Å². The molecular formula is C11H10ClF3N2O. The summed E-state index contributed by atoms with van der Waals surface area (Å²) in [5.41, 5.74) is -0.916. The summed E-state index contributed by atoms with van der Waals surface area (Å²) in [6.45, 7) is 0.441. The first-order valence-electron chi connectivity index (χ1n) is 5.42. The lowest BCUT2D eigenvalue weighted by Gasteiger charge is -2.26. The number of carbonyl (C=O) groups excluding carboxylic acids is 1. The molecule has 1 fully saturated rings. The van der Waals surface area contributed by atoms with Gasteiger partial charge in [0, 0.05) is 19.2 Å². The average Bonchev–Trinajstić information content (AvgIpc) is 2.29. The van der Waals surface area contributed by atoms with Crippen LogP contribution in [0.4, 0.5) is 19.0 Å². The molecule has 7 heteroatoms. The van der Waals surface area contributed by atoms with Gasteiger partial charge in [-0.15, -0.1) is 0 Å². The van der Waals surface area contributed by atoms with E-state index in [0.29, 0.717) is 19.2 Å². The molecule has 0 atom stereocenters. The minimum atomic E-state index is -4.49. The molecule has 1 aliphatic rings. The normalized spacial score (nSPS) is 17.1. The van der Waals surface area contributed by atoms with Crippen molar-refractivity contribution in [2.75, 3.05) is 11.4 Å². The lowest BCUT2D eigenvalue weighted by atomic mass is 10.1. The van der Waals surface area contributed by atoms with E-state index in [9.17, 15) is 18.0 Å². The molecule has 3 nitrogen and oxygen atoms in total. The number of rotatable bonds is 1. The van der Waals surface area contributed by atoms with Gasteiger partial charge in [-0.3, -0.25) is 9.69 Å². The highest BCUT2D eigenvalue weighted by Crippen LogP contribution is 2.34. The molecule has 0 spiro atoms. The molecule has 0 aliphatic carbocycles. The number of amides is 1. The molecule has 0 aromatic carbocycles. The Balaban J connectivity index is 2.32. The summed E-state index contributed by atoms with van der Waals surface area (Å²) in [6.07, 6.45) is -1.83. The molecule has 98 valence electrons. The van der Waals surface area contributed by atoms with Crippen molar-refractivity contribution in [2.24, 2.45) is 0 Å². The maximum absolute atomic E-state index is 12.4. The Morgan fingerprint density at radius 3 is 2.61 bits per heavy atom. The molecule has 0 unspecified atom stereocenters. The fourth-order valence-electron chi connectivity index (χ4n) is 1.81. The van der Waals surface area contributed by atoms with Gasteiger partial charge >= 0.3 is 6.18 Å². The van der Waals surface area contributed by atoms with Gasteiger partial charge in [0.05, 0.1) is 10.6 Å². The molecule has 0 N–H and O–H groups in total. The number of alkyl halides is 3. The Hall–Kier alpha value is -1.30. The number of nitrogens with zero attached hydrogens (tertiary/aromatic N) is 2. The van der Waals surface area contributed by atoms with Crippen molar-refractivity contribution in [1.82, 2.24) is 4.98 Å². The van der Waals surface area contributed by atoms with Gasteiger partial charge in [-0.25, -0.2) is 4.98 Å². The van der Waals surface area contributed by atoms with Gasteiger partial charge in [-0.2, -0.15) is 13.2 Å². The molecule has 1 aromatic heterocycles. The zero-order valence-corrected chi connectivity index (χ0v) is 10.1. The van der Waals surface area contributed by atoms with E-state index in [0.717, 1.165) is 18.9 Å². The fourth-order valence-corrected chi connectivity index (χ4v) is 2.08. The van der Waals surface area contributed by atoms with Gasteiger partial charge in [0.25, 0.3) is 0 Å². The predicted molar refractivity (Wildman–Crippen MR) is 60.5 cm³/mol. The molecule has 18 heavy (non-hydrogen) atoms. The fraction of sp³-hybridized carbons (Fsp3) is 0.455. The number of pyridine rings is 1. The first-order chi connectivity index (χ1) is 8.39. The van der Waals surface area contributed by atoms with E-state index in [1.807, 2.05) is 0 Å². The third kappa shape index (κ3) is 2.58. The number of carbonyl (C=O) groups is 1. The van der Waals surface area contributed by atoms with Crippen LogP contribution < -0.4 is 4.90 Å². The zero-order valence-electron chi connectivity index (χ0n) is 9.30. The van der Waals surface area contributed by atoms with Gasteiger partial charge in [-0.1, -0.05) is 11.6 Å². The van der Waals surface area contributed by atoms with Crippen LogP contribution in [0.5, 0.6) is 0 Å². The minimum Gasteiger partial charge on any atom is -0.296 e. The SMILES string of the molecule is O=C1CCCCN1c1ncc(C(F)(F)F)cc1Cl. The molecule has 2 heterocycles. The van der Waals surface area contributed by atoms with Crippen LogP contribution in [0.25, 0.3) is 0 Å². The molecule has 1 aromatic rings. The van der Waals surface area contributed by atoms with Gasteiger partial charge in [0.15, 0.2) is 5.82 Å². The third-order valence-corrected chi connectivity index (χ3v) is 3.01. The zero-order chi connectivity index (χ0) is 13.3. The van der Waals surface area contributed by atoms with Crippen LogP contribution in [0.2, 0.25) is 5.02 Å². The lowest BCUT2D eigenvalue weighted by molar-refractivity contribution is -0.137. The number of aromatic nitrogens is 1. The van der Waals surface area contributed by atoms with Crippen molar-refractivity contribution in [2.45, 2.75) is 25.4 Å².